The van der Waals surface area contributed by atoms with Gasteiger partial charge in [0.2, 0.25) is 5.95 Å². The average molecular weight is 309 g/mol. The van der Waals surface area contributed by atoms with Crippen molar-refractivity contribution in [3.8, 4) is 0 Å². The molecular weight excluding hydrogens is 297 g/mol. The van der Waals surface area contributed by atoms with Crippen LogP contribution in [0.25, 0.3) is 0 Å². The maximum atomic E-state index is 12.7. The largest absolute Gasteiger partial charge is 0.355 e. The van der Waals surface area contributed by atoms with Crippen molar-refractivity contribution < 1.29 is 17.6 Å². The van der Waals surface area contributed by atoms with E-state index in [9.17, 15) is 17.6 Å². The molecule has 0 radical (unpaired) electrons. The van der Waals surface area contributed by atoms with E-state index in [4.69, 9.17) is 0 Å². The number of benzene rings is 1. The smallest absolute Gasteiger partial charge is 0.261 e. The van der Waals surface area contributed by atoms with E-state index in [1.54, 1.807) is 0 Å². The molecule has 0 aliphatic carbocycles. The number of carbonyl (C=O) groups is 1. The quantitative estimate of drug-likeness (QED) is 0.835. The van der Waals surface area contributed by atoms with Gasteiger partial charge < -0.3 is 5.32 Å². The Hall–Kier alpha value is -2.48. The van der Waals surface area contributed by atoms with Crippen molar-refractivity contribution >= 4 is 21.6 Å². The molecule has 2 rings (SSSR count). The number of hydrogen-bond donors (Lipinski definition) is 2. The number of sulfonamides is 1. The first-order valence-corrected chi connectivity index (χ1v) is 7.37. The molecule has 0 aliphatic heterocycles. The van der Waals surface area contributed by atoms with Crippen LogP contribution < -0.4 is 10.0 Å². The monoisotopic (exact) mass is 309 g/mol. The second-order valence-corrected chi connectivity index (χ2v) is 5.76. The molecule has 21 heavy (non-hydrogen) atoms. The van der Waals surface area contributed by atoms with Crippen LogP contribution in [0.2, 0.25) is 0 Å². The SMILES string of the molecule is CNC(=O)c1ccc(S(=O)(=O)Nc2ccc(F)nc2)cc1. The number of rotatable bonds is 4. The van der Waals surface area contributed by atoms with Gasteiger partial charge in [0.25, 0.3) is 15.9 Å². The maximum absolute atomic E-state index is 12.7. The Balaban J connectivity index is 2.23. The zero-order chi connectivity index (χ0) is 15.5. The number of amides is 1. The Bertz CT molecular complexity index is 743. The molecule has 2 N–H and O–H groups in total. The summed E-state index contributed by atoms with van der Waals surface area (Å²) in [5, 5.41) is 2.44. The lowest BCUT2D eigenvalue weighted by Gasteiger charge is -2.08. The van der Waals surface area contributed by atoms with Gasteiger partial charge in [-0.25, -0.2) is 13.4 Å². The Morgan fingerprint density at radius 1 is 1.14 bits per heavy atom. The Labute approximate surface area is 121 Å². The summed E-state index contributed by atoms with van der Waals surface area (Å²) in [4.78, 5) is 14.7. The second-order valence-electron chi connectivity index (χ2n) is 4.08. The van der Waals surface area contributed by atoms with Gasteiger partial charge in [-0.05, 0) is 36.4 Å². The fourth-order valence-corrected chi connectivity index (χ4v) is 2.62. The third kappa shape index (κ3) is 3.54. The normalized spacial score (nSPS) is 11.0. The summed E-state index contributed by atoms with van der Waals surface area (Å²) in [6.45, 7) is 0. The molecule has 0 saturated carbocycles. The highest BCUT2D eigenvalue weighted by Gasteiger charge is 2.15. The van der Waals surface area contributed by atoms with E-state index in [-0.39, 0.29) is 16.5 Å². The second kappa shape index (κ2) is 5.88. The van der Waals surface area contributed by atoms with E-state index in [1.165, 1.54) is 37.4 Å². The Morgan fingerprint density at radius 2 is 1.81 bits per heavy atom. The third-order valence-corrected chi connectivity index (χ3v) is 4.03. The molecule has 1 aromatic heterocycles. The van der Waals surface area contributed by atoms with Gasteiger partial charge >= 0.3 is 0 Å². The zero-order valence-electron chi connectivity index (χ0n) is 11.0. The van der Waals surface area contributed by atoms with Crippen molar-refractivity contribution in [2.75, 3.05) is 11.8 Å². The van der Waals surface area contributed by atoms with E-state index in [1.807, 2.05) is 0 Å². The van der Waals surface area contributed by atoms with Gasteiger partial charge in [0.05, 0.1) is 16.8 Å². The summed E-state index contributed by atoms with van der Waals surface area (Å²) in [5.74, 6) is -1.01. The van der Waals surface area contributed by atoms with E-state index in [2.05, 4.69) is 15.0 Å². The van der Waals surface area contributed by atoms with Crippen LogP contribution in [0.1, 0.15) is 10.4 Å². The van der Waals surface area contributed by atoms with Crippen LogP contribution in [0.15, 0.2) is 47.5 Å². The highest BCUT2D eigenvalue weighted by molar-refractivity contribution is 7.92. The van der Waals surface area contributed by atoms with Gasteiger partial charge in [0.15, 0.2) is 0 Å². The molecular formula is C13H12FN3O3S. The molecule has 8 heteroatoms. The fourth-order valence-electron chi connectivity index (χ4n) is 1.58. The molecule has 0 atom stereocenters. The maximum Gasteiger partial charge on any atom is 0.261 e. The van der Waals surface area contributed by atoms with E-state index in [0.717, 1.165) is 12.3 Å². The summed E-state index contributed by atoms with van der Waals surface area (Å²) < 4.78 is 39.1. The van der Waals surface area contributed by atoms with Gasteiger partial charge in [-0.1, -0.05) is 0 Å². The summed E-state index contributed by atoms with van der Waals surface area (Å²) in [6, 6.07) is 7.73. The minimum atomic E-state index is -3.82. The van der Waals surface area contributed by atoms with Crippen LogP contribution in [0.3, 0.4) is 0 Å². The van der Waals surface area contributed by atoms with Crippen molar-refractivity contribution in [2.45, 2.75) is 4.90 Å². The van der Waals surface area contributed by atoms with Gasteiger partial charge in [-0.3, -0.25) is 9.52 Å². The van der Waals surface area contributed by atoms with E-state index in [0.29, 0.717) is 5.56 Å². The van der Waals surface area contributed by atoms with Crippen LogP contribution in [-0.2, 0) is 10.0 Å². The minimum absolute atomic E-state index is 0.0144. The van der Waals surface area contributed by atoms with Gasteiger partial charge in [-0.2, -0.15) is 4.39 Å². The minimum Gasteiger partial charge on any atom is -0.355 e. The number of hydrogen-bond acceptors (Lipinski definition) is 4. The number of nitrogens with one attached hydrogen (secondary N) is 2. The molecule has 1 heterocycles. The Kier molecular flexibility index (Phi) is 4.18. The number of carbonyl (C=O) groups excluding carboxylic acids is 1. The molecule has 110 valence electrons. The first-order chi connectivity index (χ1) is 9.92. The van der Waals surface area contributed by atoms with E-state index >= 15 is 0 Å². The molecule has 1 aromatic carbocycles. The fraction of sp³-hybridized carbons (Fsp3) is 0.0769. The zero-order valence-corrected chi connectivity index (χ0v) is 11.8. The molecule has 0 bridgehead atoms. The first kappa shape index (κ1) is 14.9. The summed E-state index contributed by atoms with van der Waals surface area (Å²) >= 11 is 0. The van der Waals surface area contributed by atoms with Crippen LogP contribution in [-0.4, -0.2) is 26.4 Å². The van der Waals surface area contributed by atoms with Crippen LogP contribution >= 0.6 is 0 Å². The lowest BCUT2D eigenvalue weighted by Crippen LogP contribution is -2.18. The predicted octanol–water partition coefficient (Wildman–Crippen LogP) is 1.38. The number of anilines is 1. The third-order valence-electron chi connectivity index (χ3n) is 2.63. The van der Waals surface area contributed by atoms with Crippen molar-refractivity contribution in [1.29, 1.82) is 0 Å². The van der Waals surface area contributed by atoms with Crippen LogP contribution in [0.4, 0.5) is 10.1 Å². The van der Waals surface area contributed by atoms with Gasteiger partial charge in [0.1, 0.15) is 0 Å². The lowest BCUT2D eigenvalue weighted by atomic mass is 10.2. The number of nitrogens with zero attached hydrogens (tertiary/aromatic N) is 1. The topological polar surface area (TPSA) is 88.2 Å². The summed E-state index contributed by atoms with van der Waals surface area (Å²) in [5.41, 5.74) is 0.492. The summed E-state index contributed by atoms with van der Waals surface area (Å²) in [7, 11) is -2.34. The number of halogens is 1. The first-order valence-electron chi connectivity index (χ1n) is 5.89. The molecule has 0 fully saturated rings. The van der Waals surface area contributed by atoms with Crippen molar-refractivity contribution in [3.05, 3.63) is 54.1 Å². The highest BCUT2D eigenvalue weighted by atomic mass is 32.2. The molecule has 0 saturated heterocycles. The summed E-state index contributed by atoms with van der Waals surface area (Å²) in [6.07, 6.45) is 1.08. The van der Waals surface area contributed by atoms with Crippen molar-refractivity contribution in [2.24, 2.45) is 0 Å². The predicted molar refractivity (Wildman–Crippen MR) is 74.8 cm³/mol. The molecule has 1 amide bonds. The highest BCUT2D eigenvalue weighted by Crippen LogP contribution is 2.16. The molecule has 0 aliphatic rings. The van der Waals surface area contributed by atoms with Crippen LogP contribution in [0.5, 0.6) is 0 Å². The Morgan fingerprint density at radius 3 is 2.33 bits per heavy atom. The number of aromatic nitrogens is 1. The van der Waals surface area contributed by atoms with Crippen LogP contribution in [0, 0.1) is 5.95 Å². The van der Waals surface area contributed by atoms with E-state index < -0.39 is 16.0 Å². The van der Waals surface area contributed by atoms with Crippen molar-refractivity contribution in [1.82, 2.24) is 10.3 Å². The van der Waals surface area contributed by atoms with Gasteiger partial charge in [-0.15, -0.1) is 0 Å². The standard InChI is InChI=1S/C13H12FN3O3S/c1-15-13(18)9-2-5-11(6-3-9)21(19,20)17-10-4-7-12(14)16-8-10/h2-8,17H,1H3,(H,15,18). The molecule has 6 nitrogen and oxygen atoms in total. The molecule has 2 aromatic rings. The molecule has 0 unspecified atom stereocenters. The number of pyridine rings is 1. The molecule has 0 spiro atoms. The van der Waals surface area contributed by atoms with Crippen molar-refractivity contribution in [3.63, 3.8) is 0 Å². The van der Waals surface area contributed by atoms with Gasteiger partial charge in [0, 0.05) is 12.6 Å². The lowest BCUT2D eigenvalue weighted by molar-refractivity contribution is 0.0963. The average Bonchev–Trinajstić information content (AvgIpc) is 2.49.